The minimum Gasteiger partial charge on any atom is -0.306 e. The van der Waals surface area contributed by atoms with Crippen LogP contribution in [0.5, 0.6) is 0 Å². The SMILES string of the molecule is Br.CN1CCC(c2nc(-c3ccc(Cl)cc3)cs2)CC1. The van der Waals surface area contributed by atoms with Crippen LogP contribution in [-0.4, -0.2) is 30.0 Å². The third kappa shape index (κ3) is 3.61. The monoisotopic (exact) mass is 372 g/mol. The Morgan fingerprint density at radius 3 is 2.50 bits per heavy atom. The molecule has 2 nitrogen and oxygen atoms in total. The molecule has 0 unspecified atom stereocenters. The van der Waals surface area contributed by atoms with E-state index in [-0.39, 0.29) is 17.0 Å². The number of hydrogen-bond donors (Lipinski definition) is 0. The van der Waals surface area contributed by atoms with Crippen LogP contribution in [0.1, 0.15) is 23.8 Å². The van der Waals surface area contributed by atoms with Gasteiger partial charge in [0.15, 0.2) is 0 Å². The van der Waals surface area contributed by atoms with Gasteiger partial charge >= 0.3 is 0 Å². The number of aromatic nitrogens is 1. The van der Waals surface area contributed by atoms with Gasteiger partial charge in [-0.05, 0) is 45.1 Å². The van der Waals surface area contributed by atoms with Gasteiger partial charge in [-0.15, -0.1) is 28.3 Å². The second kappa shape index (κ2) is 7.03. The lowest BCUT2D eigenvalue weighted by Crippen LogP contribution is -2.29. The smallest absolute Gasteiger partial charge is 0.0964 e. The van der Waals surface area contributed by atoms with Crippen LogP contribution in [0.25, 0.3) is 11.3 Å². The van der Waals surface area contributed by atoms with Gasteiger partial charge in [-0.2, -0.15) is 0 Å². The average Bonchev–Trinajstić information content (AvgIpc) is 2.90. The van der Waals surface area contributed by atoms with Crippen molar-refractivity contribution in [2.45, 2.75) is 18.8 Å². The second-order valence-electron chi connectivity index (χ2n) is 5.16. The van der Waals surface area contributed by atoms with E-state index in [4.69, 9.17) is 16.6 Å². The van der Waals surface area contributed by atoms with E-state index >= 15 is 0 Å². The Morgan fingerprint density at radius 1 is 1.20 bits per heavy atom. The third-order valence-electron chi connectivity index (χ3n) is 3.73. The average molecular weight is 374 g/mol. The first-order valence-corrected chi connectivity index (χ1v) is 7.88. The summed E-state index contributed by atoms with van der Waals surface area (Å²) in [5, 5.41) is 4.23. The Morgan fingerprint density at radius 2 is 1.85 bits per heavy atom. The van der Waals surface area contributed by atoms with Gasteiger partial charge in [0.25, 0.3) is 0 Å². The molecule has 1 aromatic heterocycles. The van der Waals surface area contributed by atoms with E-state index in [2.05, 4.69) is 17.3 Å². The number of nitrogens with zero attached hydrogens (tertiary/aromatic N) is 2. The van der Waals surface area contributed by atoms with Gasteiger partial charge in [-0.3, -0.25) is 0 Å². The molecule has 2 aromatic rings. The largest absolute Gasteiger partial charge is 0.306 e. The summed E-state index contributed by atoms with van der Waals surface area (Å²) in [6.45, 7) is 2.36. The van der Waals surface area contributed by atoms with Crippen molar-refractivity contribution in [2.75, 3.05) is 20.1 Å². The Labute approximate surface area is 139 Å². The van der Waals surface area contributed by atoms with Crippen LogP contribution < -0.4 is 0 Å². The number of piperidine rings is 1. The molecule has 1 aromatic carbocycles. The Balaban J connectivity index is 0.00000147. The predicted molar refractivity (Wildman–Crippen MR) is 92.4 cm³/mol. The van der Waals surface area contributed by atoms with Crippen LogP contribution in [-0.2, 0) is 0 Å². The molecular weight excluding hydrogens is 356 g/mol. The van der Waals surface area contributed by atoms with Crippen molar-refractivity contribution in [1.82, 2.24) is 9.88 Å². The van der Waals surface area contributed by atoms with E-state index in [0.29, 0.717) is 5.92 Å². The molecule has 20 heavy (non-hydrogen) atoms. The fraction of sp³-hybridized carbons (Fsp3) is 0.400. The molecule has 1 fully saturated rings. The summed E-state index contributed by atoms with van der Waals surface area (Å²) in [5.41, 5.74) is 2.23. The van der Waals surface area contributed by atoms with Crippen LogP contribution in [0.4, 0.5) is 0 Å². The van der Waals surface area contributed by atoms with E-state index in [0.717, 1.165) is 16.3 Å². The summed E-state index contributed by atoms with van der Waals surface area (Å²) in [4.78, 5) is 7.21. The van der Waals surface area contributed by atoms with Crippen molar-refractivity contribution in [3.8, 4) is 11.3 Å². The molecule has 1 saturated heterocycles. The standard InChI is InChI=1S/C15H17ClN2S.BrH/c1-18-8-6-12(7-9-18)15-17-14(10-19-15)11-2-4-13(16)5-3-11;/h2-5,10,12H,6-9H2,1H3;1H. The Bertz CT molecular complexity index is 547. The number of rotatable bonds is 2. The van der Waals surface area contributed by atoms with Crippen molar-refractivity contribution in [1.29, 1.82) is 0 Å². The quantitative estimate of drug-likeness (QED) is 0.748. The van der Waals surface area contributed by atoms with Crippen LogP contribution in [0.2, 0.25) is 5.02 Å². The fourth-order valence-corrected chi connectivity index (χ4v) is 3.61. The van der Waals surface area contributed by atoms with Gasteiger partial charge in [0.05, 0.1) is 10.7 Å². The van der Waals surface area contributed by atoms with Gasteiger partial charge in [0.1, 0.15) is 0 Å². The summed E-state index contributed by atoms with van der Waals surface area (Å²) >= 11 is 7.71. The molecule has 0 bridgehead atoms. The van der Waals surface area contributed by atoms with Crippen LogP contribution in [0.15, 0.2) is 29.6 Å². The summed E-state index contributed by atoms with van der Waals surface area (Å²) in [6.07, 6.45) is 2.45. The van der Waals surface area contributed by atoms with E-state index in [1.54, 1.807) is 11.3 Å². The molecule has 0 radical (unpaired) electrons. The van der Waals surface area contributed by atoms with Crippen LogP contribution in [0, 0.1) is 0 Å². The zero-order chi connectivity index (χ0) is 13.2. The van der Waals surface area contributed by atoms with E-state index in [9.17, 15) is 0 Å². The molecule has 0 saturated carbocycles. The second-order valence-corrected chi connectivity index (χ2v) is 6.48. The first-order chi connectivity index (χ1) is 9.22. The lowest BCUT2D eigenvalue weighted by molar-refractivity contribution is 0.255. The van der Waals surface area contributed by atoms with E-state index in [1.807, 2.05) is 24.3 Å². The minimum absolute atomic E-state index is 0. The van der Waals surface area contributed by atoms with E-state index in [1.165, 1.54) is 30.9 Å². The topological polar surface area (TPSA) is 16.1 Å². The molecule has 0 spiro atoms. The zero-order valence-corrected chi connectivity index (χ0v) is 14.7. The Kier molecular flexibility index (Phi) is 5.61. The Hall–Kier alpha value is -0.420. The number of benzene rings is 1. The van der Waals surface area contributed by atoms with Crippen LogP contribution in [0.3, 0.4) is 0 Å². The molecule has 0 amide bonds. The molecule has 3 rings (SSSR count). The van der Waals surface area contributed by atoms with Gasteiger partial charge in [-0.1, -0.05) is 23.7 Å². The first-order valence-electron chi connectivity index (χ1n) is 6.62. The number of thiazole rings is 1. The lowest BCUT2D eigenvalue weighted by atomic mass is 9.98. The summed E-state index contributed by atoms with van der Waals surface area (Å²) in [7, 11) is 2.19. The molecule has 108 valence electrons. The molecule has 1 aliphatic heterocycles. The molecule has 5 heteroatoms. The van der Waals surface area contributed by atoms with Crippen molar-refractivity contribution >= 4 is 39.9 Å². The maximum Gasteiger partial charge on any atom is 0.0964 e. The first kappa shape index (κ1) is 16.0. The van der Waals surface area contributed by atoms with E-state index < -0.39 is 0 Å². The number of likely N-dealkylation sites (tertiary alicyclic amines) is 1. The highest BCUT2D eigenvalue weighted by atomic mass is 79.9. The highest BCUT2D eigenvalue weighted by molar-refractivity contribution is 8.93. The maximum absolute atomic E-state index is 5.92. The maximum atomic E-state index is 5.92. The third-order valence-corrected chi connectivity index (χ3v) is 4.99. The van der Waals surface area contributed by atoms with Crippen molar-refractivity contribution in [3.05, 3.63) is 39.7 Å². The molecule has 2 heterocycles. The molecule has 0 atom stereocenters. The van der Waals surface area contributed by atoms with Gasteiger partial charge < -0.3 is 4.90 Å². The fourth-order valence-electron chi connectivity index (χ4n) is 2.48. The highest BCUT2D eigenvalue weighted by Crippen LogP contribution is 2.32. The molecule has 1 aliphatic rings. The molecule has 0 N–H and O–H groups in total. The number of halogens is 2. The minimum atomic E-state index is 0. The molecular formula is C15H18BrClN2S. The highest BCUT2D eigenvalue weighted by Gasteiger charge is 2.21. The van der Waals surface area contributed by atoms with Gasteiger partial charge in [0, 0.05) is 21.9 Å². The van der Waals surface area contributed by atoms with Crippen molar-refractivity contribution in [2.24, 2.45) is 0 Å². The molecule has 0 aliphatic carbocycles. The van der Waals surface area contributed by atoms with Crippen molar-refractivity contribution in [3.63, 3.8) is 0 Å². The van der Waals surface area contributed by atoms with Crippen molar-refractivity contribution < 1.29 is 0 Å². The lowest BCUT2D eigenvalue weighted by Gasteiger charge is -2.27. The normalized spacial score (nSPS) is 16.9. The summed E-state index contributed by atoms with van der Waals surface area (Å²) in [5.74, 6) is 0.641. The predicted octanol–water partition coefficient (Wildman–Crippen LogP) is 4.85. The number of hydrogen-bond acceptors (Lipinski definition) is 3. The van der Waals surface area contributed by atoms with Gasteiger partial charge in [0.2, 0.25) is 0 Å². The zero-order valence-electron chi connectivity index (χ0n) is 11.4. The summed E-state index contributed by atoms with van der Waals surface area (Å²) in [6, 6.07) is 7.92. The summed E-state index contributed by atoms with van der Waals surface area (Å²) < 4.78 is 0. The van der Waals surface area contributed by atoms with Crippen LogP contribution >= 0.6 is 39.9 Å². The van der Waals surface area contributed by atoms with Gasteiger partial charge in [-0.25, -0.2) is 4.98 Å².